The van der Waals surface area contributed by atoms with Crippen LogP contribution >= 0.6 is 0 Å². The zero-order valence-corrected chi connectivity index (χ0v) is 9.90. The van der Waals surface area contributed by atoms with E-state index < -0.39 is 29.6 Å². The van der Waals surface area contributed by atoms with E-state index in [0.717, 1.165) is 6.07 Å². The highest BCUT2D eigenvalue weighted by Crippen LogP contribution is 2.11. The van der Waals surface area contributed by atoms with Crippen LogP contribution in [0.15, 0.2) is 18.2 Å². The van der Waals surface area contributed by atoms with Crippen LogP contribution in [0.4, 0.5) is 8.78 Å². The number of hydrogen-bond donors (Lipinski definition) is 3. The van der Waals surface area contributed by atoms with Gasteiger partial charge < -0.3 is 15.5 Å². The van der Waals surface area contributed by atoms with Gasteiger partial charge in [-0.05, 0) is 6.07 Å². The maximum Gasteiger partial charge on any atom is 0.332 e. The fourth-order valence-electron chi connectivity index (χ4n) is 1.39. The second-order valence-corrected chi connectivity index (χ2v) is 3.88. The molecule has 1 aromatic carbocycles. The van der Waals surface area contributed by atoms with Crippen LogP contribution < -0.4 is 5.32 Å². The van der Waals surface area contributed by atoms with Gasteiger partial charge in [-0.15, -0.1) is 0 Å². The molecule has 5 nitrogen and oxygen atoms in total. The van der Waals surface area contributed by atoms with Crippen LogP contribution in [0, 0.1) is 11.6 Å². The quantitative estimate of drug-likeness (QED) is 0.702. The molecule has 0 saturated carbocycles. The molecule has 0 aromatic heterocycles. The maximum absolute atomic E-state index is 13.2. The topological polar surface area (TPSA) is 86.6 Å². The predicted molar refractivity (Wildman–Crippen MR) is 61.3 cm³/mol. The van der Waals surface area contributed by atoms with Crippen LogP contribution in [-0.2, 0) is 16.0 Å². The van der Waals surface area contributed by atoms with Crippen LogP contribution in [0.3, 0.4) is 0 Å². The highest BCUT2D eigenvalue weighted by atomic mass is 19.2. The lowest BCUT2D eigenvalue weighted by atomic mass is 10.1. The lowest BCUT2D eigenvalue weighted by Crippen LogP contribution is -2.31. The van der Waals surface area contributed by atoms with Gasteiger partial charge in [0.15, 0.2) is 17.7 Å². The monoisotopic (exact) mass is 273 g/mol. The summed E-state index contributed by atoms with van der Waals surface area (Å²) >= 11 is 0. The Morgan fingerprint density at radius 3 is 2.63 bits per heavy atom. The summed E-state index contributed by atoms with van der Waals surface area (Å²) in [6, 6.07) is 3.51. The van der Waals surface area contributed by atoms with E-state index in [0.29, 0.717) is 0 Å². The normalized spacial score (nSPS) is 11.9. The zero-order valence-electron chi connectivity index (χ0n) is 9.90. The fourth-order valence-corrected chi connectivity index (χ4v) is 1.39. The van der Waals surface area contributed by atoms with Crippen molar-refractivity contribution in [2.75, 3.05) is 6.54 Å². The molecule has 1 atom stereocenters. The number of nitrogens with one attached hydrogen (secondary N) is 1. The fraction of sp³-hybridized carbons (Fsp3) is 0.333. The van der Waals surface area contributed by atoms with E-state index >= 15 is 0 Å². The molecule has 3 N–H and O–H groups in total. The van der Waals surface area contributed by atoms with Gasteiger partial charge in [0.25, 0.3) is 0 Å². The van der Waals surface area contributed by atoms with Gasteiger partial charge in [0.2, 0.25) is 5.91 Å². The molecule has 0 aliphatic carbocycles. The Bertz CT molecular complexity index is 479. The molecule has 0 aliphatic heterocycles. The Morgan fingerprint density at radius 1 is 1.32 bits per heavy atom. The second kappa shape index (κ2) is 6.79. The Labute approximate surface area is 107 Å². The van der Waals surface area contributed by atoms with Gasteiger partial charge in [-0.1, -0.05) is 12.1 Å². The summed E-state index contributed by atoms with van der Waals surface area (Å²) < 4.78 is 26.1. The molecule has 0 fully saturated rings. The average Bonchev–Trinajstić information content (AvgIpc) is 2.34. The van der Waals surface area contributed by atoms with E-state index in [1.54, 1.807) is 0 Å². The van der Waals surface area contributed by atoms with Gasteiger partial charge in [-0.2, -0.15) is 0 Å². The third kappa shape index (κ3) is 4.63. The van der Waals surface area contributed by atoms with E-state index in [-0.39, 0.29) is 24.9 Å². The Hall–Kier alpha value is -2.02. The lowest BCUT2D eigenvalue weighted by Gasteiger charge is -2.08. The largest absolute Gasteiger partial charge is 0.479 e. The molecular weight excluding hydrogens is 260 g/mol. The van der Waals surface area contributed by atoms with Crippen molar-refractivity contribution in [3.8, 4) is 0 Å². The molecule has 0 radical (unpaired) electrons. The van der Waals surface area contributed by atoms with Crippen LogP contribution in [0.2, 0.25) is 0 Å². The first kappa shape index (κ1) is 15.0. The molecule has 0 unspecified atom stereocenters. The van der Waals surface area contributed by atoms with Crippen LogP contribution in [-0.4, -0.2) is 34.7 Å². The van der Waals surface area contributed by atoms with E-state index in [1.807, 2.05) is 0 Å². The Balaban J connectivity index is 2.43. The third-order valence-corrected chi connectivity index (χ3v) is 2.41. The minimum Gasteiger partial charge on any atom is -0.479 e. The number of carbonyl (C=O) groups excluding carboxylic acids is 1. The van der Waals surface area contributed by atoms with Crippen LogP contribution in [0.5, 0.6) is 0 Å². The number of hydrogen-bond acceptors (Lipinski definition) is 3. The minimum atomic E-state index is -1.56. The van der Waals surface area contributed by atoms with Crippen LogP contribution in [0.25, 0.3) is 0 Å². The summed E-state index contributed by atoms with van der Waals surface area (Å²) in [7, 11) is 0. The smallest absolute Gasteiger partial charge is 0.332 e. The molecule has 0 aliphatic rings. The van der Waals surface area contributed by atoms with Crippen molar-refractivity contribution in [3.05, 3.63) is 35.4 Å². The molecule has 1 aromatic rings. The maximum atomic E-state index is 13.2. The van der Waals surface area contributed by atoms with Gasteiger partial charge in [0.1, 0.15) is 0 Å². The number of carboxylic acids is 1. The highest BCUT2D eigenvalue weighted by molar-refractivity contribution is 5.78. The number of amides is 1. The molecule has 7 heteroatoms. The van der Waals surface area contributed by atoms with Crippen molar-refractivity contribution >= 4 is 11.9 Å². The summed E-state index contributed by atoms with van der Waals surface area (Å²) in [4.78, 5) is 21.7. The van der Waals surface area contributed by atoms with Gasteiger partial charge in [-0.3, -0.25) is 4.79 Å². The molecule has 0 spiro atoms. The van der Waals surface area contributed by atoms with Crippen molar-refractivity contribution in [2.45, 2.75) is 18.9 Å². The predicted octanol–water partition coefficient (Wildman–Crippen LogP) is 0.459. The summed E-state index contributed by atoms with van der Waals surface area (Å²) in [6.07, 6.45) is -2.08. The van der Waals surface area contributed by atoms with Crippen LogP contribution in [0.1, 0.15) is 12.0 Å². The number of halogens is 2. The van der Waals surface area contributed by atoms with Gasteiger partial charge in [0.05, 0.1) is 6.42 Å². The molecular formula is C12H13F2NO4. The average molecular weight is 273 g/mol. The SMILES string of the molecule is O=C(Cc1cccc(F)c1F)NCC[C@H](O)C(=O)O. The first-order valence-corrected chi connectivity index (χ1v) is 5.52. The summed E-state index contributed by atoms with van der Waals surface area (Å²) in [5, 5.41) is 19.7. The highest BCUT2D eigenvalue weighted by Gasteiger charge is 2.14. The zero-order chi connectivity index (χ0) is 14.4. The molecule has 104 valence electrons. The minimum absolute atomic E-state index is 0.0662. The van der Waals surface area contributed by atoms with E-state index in [1.165, 1.54) is 12.1 Å². The van der Waals surface area contributed by atoms with Crippen molar-refractivity contribution < 1.29 is 28.6 Å². The van der Waals surface area contributed by atoms with E-state index in [4.69, 9.17) is 10.2 Å². The van der Waals surface area contributed by atoms with E-state index in [9.17, 15) is 18.4 Å². The first-order chi connectivity index (χ1) is 8.91. The molecule has 0 bridgehead atoms. The van der Waals surface area contributed by atoms with Crippen molar-refractivity contribution in [1.82, 2.24) is 5.32 Å². The molecule has 1 rings (SSSR count). The molecule has 19 heavy (non-hydrogen) atoms. The number of aliphatic hydroxyl groups is 1. The summed E-state index contributed by atoms with van der Waals surface area (Å²) in [6.45, 7) is -0.0662. The Morgan fingerprint density at radius 2 is 2.00 bits per heavy atom. The molecule has 0 saturated heterocycles. The van der Waals surface area contributed by atoms with Crippen molar-refractivity contribution in [3.63, 3.8) is 0 Å². The van der Waals surface area contributed by atoms with Crippen molar-refractivity contribution in [2.24, 2.45) is 0 Å². The van der Waals surface area contributed by atoms with Gasteiger partial charge in [0, 0.05) is 18.5 Å². The lowest BCUT2D eigenvalue weighted by molar-refractivity contribution is -0.147. The number of carboxylic acid groups (broad SMARTS) is 1. The number of benzene rings is 1. The second-order valence-electron chi connectivity index (χ2n) is 3.88. The molecule has 0 heterocycles. The molecule has 1 amide bonds. The van der Waals surface area contributed by atoms with Crippen molar-refractivity contribution in [1.29, 1.82) is 0 Å². The van der Waals surface area contributed by atoms with E-state index in [2.05, 4.69) is 5.32 Å². The Kier molecular flexibility index (Phi) is 5.37. The first-order valence-electron chi connectivity index (χ1n) is 5.52. The number of aliphatic carboxylic acids is 1. The number of rotatable bonds is 6. The standard InChI is InChI=1S/C12H13F2NO4/c13-8-3-1-2-7(11(8)14)6-10(17)15-5-4-9(16)12(18)19/h1-3,9,16H,4-6H2,(H,15,17)(H,18,19)/t9-/m0/s1. The number of aliphatic hydroxyl groups excluding tert-OH is 1. The number of carbonyl (C=O) groups is 2. The summed E-state index contributed by atoms with van der Waals surface area (Å²) in [5.41, 5.74) is -0.0868. The van der Waals surface area contributed by atoms with Gasteiger partial charge in [-0.25, -0.2) is 13.6 Å². The summed E-state index contributed by atoms with van der Waals surface area (Å²) in [5.74, 6) is -4.08. The van der Waals surface area contributed by atoms with Gasteiger partial charge >= 0.3 is 5.97 Å². The third-order valence-electron chi connectivity index (χ3n) is 2.41.